The van der Waals surface area contributed by atoms with Crippen LogP contribution in [0.4, 0.5) is 0 Å². The van der Waals surface area contributed by atoms with Gasteiger partial charge in [-0.2, -0.15) is 0 Å². The Kier molecular flexibility index (Phi) is 2.34. The summed E-state index contributed by atoms with van der Waals surface area (Å²) >= 11 is 0. The quantitative estimate of drug-likeness (QED) is 0.624. The molecule has 0 saturated carbocycles. The van der Waals surface area contributed by atoms with E-state index in [2.05, 4.69) is 4.98 Å². The Morgan fingerprint density at radius 1 is 1.31 bits per heavy atom. The summed E-state index contributed by atoms with van der Waals surface area (Å²) in [7, 11) is 0. The second-order valence-electron chi connectivity index (χ2n) is 2.55. The van der Waals surface area contributed by atoms with Gasteiger partial charge in [-0.05, 0) is 6.07 Å². The topological polar surface area (TPSA) is 88.1 Å². The molecule has 0 aliphatic heterocycles. The maximum atomic E-state index is 10.7. The van der Waals surface area contributed by atoms with Crippen LogP contribution in [0.3, 0.4) is 0 Å². The number of benzene rings is 1. The Bertz CT molecular complexity index is 434. The van der Waals surface area contributed by atoms with Crippen LogP contribution in [0.2, 0.25) is 0 Å². The van der Waals surface area contributed by atoms with E-state index in [0.717, 1.165) is 10.9 Å². The number of para-hydroxylation sites is 1. The largest absolute Gasteiger partial charge is 0.478 e. The summed E-state index contributed by atoms with van der Waals surface area (Å²) in [6, 6.07) is 7.32. The van der Waals surface area contributed by atoms with Gasteiger partial charge in [0.2, 0.25) is 0 Å². The van der Waals surface area contributed by atoms with Crippen molar-refractivity contribution in [2.75, 3.05) is 0 Å². The van der Waals surface area contributed by atoms with Crippen molar-refractivity contribution in [3.05, 3.63) is 36.0 Å². The molecule has 0 atom stereocenters. The first-order chi connectivity index (χ1) is 5.79. The lowest BCUT2D eigenvalue weighted by Gasteiger charge is -1.89. The molecule has 1 aromatic carbocycles. The van der Waals surface area contributed by atoms with E-state index < -0.39 is 5.97 Å². The minimum absolute atomic E-state index is 0. The van der Waals surface area contributed by atoms with Gasteiger partial charge in [-0.1, -0.05) is 18.2 Å². The fourth-order valence-electron chi connectivity index (χ4n) is 1.25. The standard InChI is InChI=1S/C9H7NO2.H3N/c11-9(12)7-5-10-8-4-2-1-3-6(7)8;/h1-5,10H,(H,11,12);1H3. The van der Waals surface area contributed by atoms with Crippen molar-refractivity contribution in [2.24, 2.45) is 0 Å². The third kappa shape index (κ3) is 1.39. The minimum atomic E-state index is -0.896. The highest BCUT2D eigenvalue weighted by molar-refractivity contribution is 6.02. The average molecular weight is 178 g/mol. The Balaban J connectivity index is 0.000000845. The lowest BCUT2D eigenvalue weighted by Crippen LogP contribution is -1.92. The van der Waals surface area contributed by atoms with Gasteiger partial charge in [-0.25, -0.2) is 4.79 Å². The molecule has 0 unspecified atom stereocenters. The summed E-state index contributed by atoms with van der Waals surface area (Å²) in [4.78, 5) is 13.5. The zero-order valence-corrected chi connectivity index (χ0v) is 6.95. The molecule has 0 bridgehead atoms. The molecule has 0 fully saturated rings. The van der Waals surface area contributed by atoms with Gasteiger partial charge in [0.25, 0.3) is 0 Å². The van der Waals surface area contributed by atoms with E-state index in [-0.39, 0.29) is 6.15 Å². The number of aromatic nitrogens is 1. The third-order valence-corrected chi connectivity index (χ3v) is 1.82. The van der Waals surface area contributed by atoms with Crippen molar-refractivity contribution in [3.8, 4) is 0 Å². The summed E-state index contributed by atoms with van der Waals surface area (Å²) in [5.74, 6) is -0.896. The van der Waals surface area contributed by atoms with Gasteiger partial charge < -0.3 is 16.2 Å². The van der Waals surface area contributed by atoms with E-state index in [1.54, 1.807) is 6.07 Å². The molecule has 1 heterocycles. The average Bonchev–Trinajstić information content (AvgIpc) is 2.47. The highest BCUT2D eigenvalue weighted by atomic mass is 16.4. The molecule has 0 aliphatic rings. The number of hydrogen-bond donors (Lipinski definition) is 3. The van der Waals surface area contributed by atoms with Gasteiger partial charge in [-0.3, -0.25) is 0 Å². The minimum Gasteiger partial charge on any atom is -0.478 e. The zero-order valence-electron chi connectivity index (χ0n) is 6.95. The molecule has 0 aliphatic carbocycles. The summed E-state index contributed by atoms with van der Waals surface area (Å²) in [6.45, 7) is 0. The Hall–Kier alpha value is -1.81. The number of carboxylic acid groups (broad SMARTS) is 1. The normalized spacial score (nSPS) is 9.54. The predicted molar refractivity (Wildman–Crippen MR) is 50.3 cm³/mol. The van der Waals surface area contributed by atoms with Crippen molar-refractivity contribution in [2.45, 2.75) is 0 Å². The van der Waals surface area contributed by atoms with Gasteiger partial charge in [0.05, 0.1) is 5.56 Å². The summed E-state index contributed by atoms with van der Waals surface area (Å²) in [5, 5.41) is 9.51. The molecule has 0 amide bonds. The highest BCUT2D eigenvalue weighted by Gasteiger charge is 2.08. The van der Waals surface area contributed by atoms with Crippen LogP contribution in [0.25, 0.3) is 10.9 Å². The number of fused-ring (bicyclic) bond motifs is 1. The van der Waals surface area contributed by atoms with Gasteiger partial charge in [0.1, 0.15) is 0 Å². The van der Waals surface area contributed by atoms with Crippen molar-refractivity contribution in [3.63, 3.8) is 0 Å². The molecule has 13 heavy (non-hydrogen) atoms. The molecule has 1 aromatic heterocycles. The van der Waals surface area contributed by atoms with Crippen molar-refractivity contribution >= 4 is 16.9 Å². The predicted octanol–water partition coefficient (Wildman–Crippen LogP) is 2.03. The van der Waals surface area contributed by atoms with E-state index in [0.29, 0.717) is 5.56 Å². The highest BCUT2D eigenvalue weighted by Crippen LogP contribution is 2.16. The summed E-state index contributed by atoms with van der Waals surface area (Å²) in [6.07, 6.45) is 1.51. The number of aromatic amines is 1. The van der Waals surface area contributed by atoms with Crippen molar-refractivity contribution in [1.82, 2.24) is 11.1 Å². The van der Waals surface area contributed by atoms with E-state index in [1.807, 2.05) is 18.2 Å². The number of hydrogen-bond acceptors (Lipinski definition) is 2. The summed E-state index contributed by atoms with van der Waals surface area (Å²) < 4.78 is 0. The monoisotopic (exact) mass is 178 g/mol. The van der Waals surface area contributed by atoms with Crippen molar-refractivity contribution in [1.29, 1.82) is 0 Å². The van der Waals surface area contributed by atoms with Crippen molar-refractivity contribution < 1.29 is 9.90 Å². The molecule has 5 N–H and O–H groups in total. The van der Waals surface area contributed by atoms with Crippen LogP contribution in [0.1, 0.15) is 10.4 Å². The van der Waals surface area contributed by atoms with Crippen LogP contribution >= 0.6 is 0 Å². The Labute approximate surface area is 74.8 Å². The fraction of sp³-hybridized carbons (Fsp3) is 0. The molecular formula is C9H10N2O2. The summed E-state index contributed by atoms with van der Waals surface area (Å²) in [5.41, 5.74) is 1.18. The third-order valence-electron chi connectivity index (χ3n) is 1.82. The number of carboxylic acids is 1. The maximum absolute atomic E-state index is 10.7. The smallest absolute Gasteiger partial charge is 0.337 e. The van der Waals surface area contributed by atoms with Crippen LogP contribution in [0, 0.1) is 0 Å². The second kappa shape index (κ2) is 3.28. The lowest BCUT2D eigenvalue weighted by molar-refractivity contribution is 0.0699. The second-order valence-corrected chi connectivity index (χ2v) is 2.55. The first-order valence-electron chi connectivity index (χ1n) is 3.58. The Morgan fingerprint density at radius 3 is 2.69 bits per heavy atom. The molecule has 0 spiro atoms. The van der Waals surface area contributed by atoms with Gasteiger partial charge >= 0.3 is 5.97 Å². The van der Waals surface area contributed by atoms with Crippen LogP contribution in [-0.4, -0.2) is 16.1 Å². The maximum Gasteiger partial charge on any atom is 0.337 e. The molecular weight excluding hydrogens is 168 g/mol. The van der Waals surface area contributed by atoms with E-state index in [9.17, 15) is 4.79 Å². The zero-order chi connectivity index (χ0) is 8.55. The van der Waals surface area contributed by atoms with Crippen LogP contribution in [0.5, 0.6) is 0 Å². The molecule has 4 heteroatoms. The van der Waals surface area contributed by atoms with Gasteiger partial charge in [0.15, 0.2) is 0 Å². The number of rotatable bonds is 1. The number of carbonyl (C=O) groups is 1. The van der Waals surface area contributed by atoms with Gasteiger partial charge in [0, 0.05) is 17.1 Å². The molecule has 4 nitrogen and oxygen atoms in total. The molecule has 68 valence electrons. The number of nitrogens with one attached hydrogen (secondary N) is 1. The van der Waals surface area contributed by atoms with E-state index in [1.165, 1.54) is 6.20 Å². The Morgan fingerprint density at radius 2 is 2.00 bits per heavy atom. The molecule has 0 radical (unpaired) electrons. The first kappa shape index (κ1) is 9.28. The molecule has 2 rings (SSSR count). The van der Waals surface area contributed by atoms with E-state index in [4.69, 9.17) is 5.11 Å². The van der Waals surface area contributed by atoms with Crippen LogP contribution < -0.4 is 6.15 Å². The lowest BCUT2D eigenvalue weighted by atomic mass is 10.2. The molecule has 2 aromatic rings. The fourth-order valence-corrected chi connectivity index (χ4v) is 1.25. The number of H-pyrrole nitrogens is 1. The first-order valence-corrected chi connectivity index (χ1v) is 3.58. The van der Waals surface area contributed by atoms with Crippen LogP contribution in [-0.2, 0) is 0 Å². The number of aromatic carboxylic acids is 1. The van der Waals surface area contributed by atoms with Crippen LogP contribution in [0.15, 0.2) is 30.5 Å². The van der Waals surface area contributed by atoms with E-state index >= 15 is 0 Å². The SMILES string of the molecule is N.O=C(O)c1c[nH]c2ccccc12. The molecule has 0 saturated heterocycles. The van der Waals surface area contributed by atoms with Gasteiger partial charge in [-0.15, -0.1) is 0 Å².